The maximum absolute atomic E-state index is 4.36. The number of nitrogens with one attached hydrogen (secondary N) is 2. The summed E-state index contributed by atoms with van der Waals surface area (Å²) < 4.78 is 1.82. The highest BCUT2D eigenvalue weighted by Crippen LogP contribution is 2.36. The van der Waals surface area contributed by atoms with Gasteiger partial charge in [0.1, 0.15) is 0 Å². The molecule has 2 N–H and O–H groups in total. The van der Waals surface area contributed by atoms with E-state index in [2.05, 4.69) is 50.2 Å². The van der Waals surface area contributed by atoms with E-state index >= 15 is 0 Å². The number of piperidine rings is 1. The molecule has 0 radical (unpaired) electrons. The van der Waals surface area contributed by atoms with Crippen molar-refractivity contribution in [2.24, 2.45) is 18.0 Å². The highest BCUT2D eigenvalue weighted by atomic mass is 127. The first-order valence-electron chi connectivity index (χ1n) is 8.83. The van der Waals surface area contributed by atoms with E-state index in [1.807, 2.05) is 42.5 Å². The fourth-order valence-corrected chi connectivity index (χ4v) is 4.56. The fourth-order valence-electron chi connectivity index (χ4n) is 3.58. The van der Waals surface area contributed by atoms with Gasteiger partial charge in [0.15, 0.2) is 5.96 Å². The summed E-state index contributed by atoms with van der Waals surface area (Å²) in [6.45, 7) is 2.83. The molecule has 0 saturated carbocycles. The molecule has 26 heavy (non-hydrogen) atoms. The standard InChI is InChI=1S/C18H28N6S.HI/c1-19-18(20-10-14-11-22-24(3)13-14)21-12-15-6-4-8-23(2)17(15)16-7-5-9-25-16;/h5,7,9,11,13,15,17H,4,6,8,10,12H2,1-3H3,(H2,19,20,21);1H. The first-order valence-corrected chi connectivity index (χ1v) is 9.71. The van der Waals surface area contributed by atoms with Crippen LogP contribution in [0.4, 0.5) is 0 Å². The van der Waals surface area contributed by atoms with Gasteiger partial charge in [-0.15, -0.1) is 35.3 Å². The van der Waals surface area contributed by atoms with Gasteiger partial charge in [-0.2, -0.15) is 5.10 Å². The molecule has 3 rings (SSSR count). The number of hydrogen-bond acceptors (Lipinski definition) is 4. The summed E-state index contributed by atoms with van der Waals surface area (Å²) in [5.41, 5.74) is 1.15. The number of aromatic nitrogens is 2. The summed E-state index contributed by atoms with van der Waals surface area (Å²) in [6.07, 6.45) is 6.40. The van der Waals surface area contributed by atoms with Gasteiger partial charge in [0.25, 0.3) is 0 Å². The summed E-state index contributed by atoms with van der Waals surface area (Å²) in [5.74, 6) is 1.44. The molecular formula is C18H29IN6S. The maximum atomic E-state index is 4.36. The third-order valence-corrected chi connectivity index (χ3v) is 5.76. The summed E-state index contributed by atoms with van der Waals surface area (Å²) in [5, 5.41) is 13.3. The molecule has 8 heteroatoms. The van der Waals surface area contributed by atoms with Gasteiger partial charge >= 0.3 is 0 Å². The van der Waals surface area contributed by atoms with Crippen LogP contribution < -0.4 is 10.6 Å². The third-order valence-electron chi connectivity index (χ3n) is 4.82. The van der Waals surface area contributed by atoms with Crippen molar-refractivity contribution >= 4 is 41.3 Å². The average molecular weight is 488 g/mol. The lowest BCUT2D eigenvalue weighted by Gasteiger charge is -2.39. The van der Waals surface area contributed by atoms with Crippen LogP contribution in [0.25, 0.3) is 0 Å². The van der Waals surface area contributed by atoms with Crippen LogP contribution in [0.15, 0.2) is 34.9 Å². The van der Waals surface area contributed by atoms with Crippen LogP contribution in [-0.2, 0) is 13.6 Å². The van der Waals surface area contributed by atoms with Gasteiger partial charge in [-0.3, -0.25) is 14.6 Å². The molecule has 2 atom stereocenters. The van der Waals surface area contributed by atoms with Gasteiger partial charge < -0.3 is 10.6 Å². The highest BCUT2D eigenvalue weighted by molar-refractivity contribution is 14.0. The lowest BCUT2D eigenvalue weighted by molar-refractivity contribution is 0.125. The minimum Gasteiger partial charge on any atom is -0.356 e. The van der Waals surface area contributed by atoms with Crippen molar-refractivity contribution in [3.8, 4) is 0 Å². The van der Waals surface area contributed by atoms with Gasteiger partial charge in [0.05, 0.1) is 6.20 Å². The summed E-state index contributed by atoms with van der Waals surface area (Å²) in [4.78, 5) is 8.32. The Morgan fingerprint density at radius 2 is 2.23 bits per heavy atom. The molecule has 6 nitrogen and oxygen atoms in total. The van der Waals surface area contributed by atoms with Gasteiger partial charge in [0.2, 0.25) is 0 Å². The van der Waals surface area contributed by atoms with Crippen molar-refractivity contribution in [1.29, 1.82) is 0 Å². The number of nitrogens with zero attached hydrogens (tertiary/aromatic N) is 4. The van der Waals surface area contributed by atoms with E-state index in [4.69, 9.17) is 0 Å². The monoisotopic (exact) mass is 488 g/mol. The first-order chi connectivity index (χ1) is 12.2. The SMILES string of the molecule is CN=C(NCc1cnn(C)c1)NCC1CCCN(C)C1c1cccs1.I. The lowest BCUT2D eigenvalue weighted by Crippen LogP contribution is -2.44. The zero-order chi connectivity index (χ0) is 17.6. The molecule has 2 unspecified atom stereocenters. The zero-order valence-corrected chi connectivity index (χ0v) is 18.8. The van der Waals surface area contributed by atoms with E-state index in [0.717, 1.165) is 24.6 Å². The topological polar surface area (TPSA) is 57.5 Å². The lowest BCUT2D eigenvalue weighted by atomic mass is 9.88. The van der Waals surface area contributed by atoms with Gasteiger partial charge in [-0.05, 0) is 43.8 Å². The maximum Gasteiger partial charge on any atom is 0.191 e. The molecule has 1 saturated heterocycles. The summed E-state index contributed by atoms with van der Waals surface area (Å²) in [6, 6.07) is 4.92. The molecule has 144 valence electrons. The van der Waals surface area contributed by atoms with Crippen LogP contribution in [-0.4, -0.2) is 47.8 Å². The van der Waals surface area contributed by atoms with Crippen molar-refractivity contribution in [2.75, 3.05) is 27.2 Å². The van der Waals surface area contributed by atoms with Crippen LogP contribution in [0.3, 0.4) is 0 Å². The molecule has 2 aromatic heterocycles. The van der Waals surface area contributed by atoms with Crippen molar-refractivity contribution < 1.29 is 0 Å². The fraction of sp³-hybridized carbons (Fsp3) is 0.556. The predicted octanol–water partition coefficient (Wildman–Crippen LogP) is 2.85. The number of aliphatic imine (C=N–C) groups is 1. The summed E-state index contributed by atoms with van der Waals surface area (Å²) in [7, 11) is 6.00. The van der Waals surface area contributed by atoms with Crippen molar-refractivity contribution in [3.05, 3.63) is 40.3 Å². The largest absolute Gasteiger partial charge is 0.356 e. The molecule has 1 aliphatic heterocycles. The molecule has 0 aromatic carbocycles. The Morgan fingerprint density at radius 3 is 2.88 bits per heavy atom. The Kier molecular flexibility index (Phi) is 8.36. The highest BCUT2D eigenvalue weighted by Gasteiger charge is 2.31. The van der Waals surface area contributed by atoms with Crippen molar-refractivity contribution in [1.82, 2.24) is 25.3 Å². The number of guanidine groups is 1. The van der Waals surface area contributed by atoms with E-state index in [1.165, 1.54) is 24.3 Å². The second-order valence-corrected chi connectivity index (χ2v) is 7.65. The van der Waals surface area contributed by atoms with Crippen LogP contribution in [0.2, 0.25) is 0 Å². The minimum absolute atomic E-state index is 0. The Labute approximate surface area is 177 Å². The van der Waals surface area contributed by atoms with E-state index < -0.39 is 0 Å². The average Bonchev–Trinajstić information content (AvgIpc) is 3.27. The van der Waals surface area contributed by atoms with Crippen LogP contribution in [0.1, 0.15) is 29.3 Å². The van der Waals surface area contributed by atoms with Crippen molar-refractivity contribution in [3.63, 3.8) is 0 Å². The van der Waals surface area contributed by atoms with Gasteiger partial charge in [-0.25, -0.2) is 0 Å². The van der Waals surface area contributed by atoms with E-state index in [-0.39, 0.29) is 24.0 Å². The smallest absolute Gasteiger partial charge is 0.191 e. The normalized spacial score (nSPS) is 21.3. The Balaban J connectivity index is 0.00000243. The Morgan fingerprint density at radius 1 is 1.38 bits per heavy atom. The number of hydrogen-bond donors (Lipinski definition) is 2. The first kappa shape index (κ1) is 21.2. The Bertz CT molecular complexity index is 684. The predicted molar refractivity (Wildman–Crippen MR) is 119 cm³/mol. The molecule has 0 spiro atoms. The molecule has 0 bridgehead atoms. The molecule has 3 heterocycles. The zero-order valence-electron chi connectivity index (χ0n) is 15.7. The molecule has 0 aliphatic carbocycles. The van der Waals surface area contributed by atoms with E-state index in [1.54, 1.807) is 0 Å². The molecule has 0 amide bonds. The molecular weight excluding hydrogens is 459 g/mol. The molecule has 2 aromatic rings. The number of rotatable bonds is 5. The number of thiophene rings is 1. The van der Waals surface area contributed by atoms with Crippen LogP contribution >= 0.6 is 35.3 Å². The molecule has 1 aliphatic rings. The second kappa shape index (κ2) is 10.3. The number of likely N-dealkylation sites (tertiary alicyclic amines) is 1. The van der Waals surface area contributed by atoms with E-state index in [0.29, 0.717) is 12.0 Å². The van der Waals surface area contributed by atoms with E-state index in [9.17, 15) is 0 Å². The summed E-state index contributed by atoms with van der Waals surface area (Å²) >= 11 is 1.86. The van der Waals surface area contributed by atoms with Crippen LogP contribution in [0.5, 0.6) is 0 Å². The molecule has 1 fully saturated rings. The number of halogens is 1. The quantitative estimate of drug-likeness (QED) is 0.386. The number of aryl methyl sites for hydroxylation is 1. The van der Waals surface area contributed by atoms with Crippen LogP contribution in [0, 0.1) is 5.92 Å². The van der Waals surface area contributed by atoms with Gasteiger partial charge in [-0.1, -0.05) is 6.07 Å². The third kappa shape index (κ3) is 5.43. The Hall–Kier alpha value is -1.13. The van der Waals surface area contributed by atoms with Gasteiger partial charge in [0, 0.05) is 49.9 Å². The minimum atomic E-state index is 0. The second-order valence-electron chi connectivity index (χ2n) is 6.67. The van der Waals surface area contributed by atoms with Crippen molar-refractivity contribution in [2.45, 2.75) is 25.4 Å².